The van der Waals surface area contributed by atoms with Crippen LogP contribution < -0.4 is 0 Å². The Morgan fingerprint density at radius 2 is 1.81 bits per heavy atom. The highest BCUT2D eigenvalue weighted by Crippen LogP contribution is 2.93. The minimum absolute atomic E-state index is 0.416. The van der Waals surface area contributed by atoms with E-state index in [-0.39, 0.29) is 0 Å². The molecule has 88 valence electrons. The highest BCUT2D eigenvalue weighted by Gasteiger charge is 2.89. The fraction of sp³-hybridized carbons (Fsp3) is 0.867. The summed E-state index contributed by atoms with van der Waals surface area (Å²) in [6.07, 6.45) is 7.59. The van der Waals surface area contributed by atoms with Crippen LogP contribution in [0.1, 0.15) is 33.6 Å². The van der Waals surface area contributed by atoms with E-state index in [1.54, 1.807) is 0 Å². The second kappa shape index (κ2) is 2.29. The molecular weight excluding hydrogens is 196 g/mol. The van der Waals surface area contributed by atoms with Crippen LogP contribution in [0.2, 0.25) is 0 Å². The summed E-state index contributed by atoms with van der Waals surface area (Å²) in [5.41, 5.74) is 1.46. The van der Waals surface area contributed by atoms with Crippen molar-refractivity contribution in [2.24, 2.45) is 39.9 Å². The Labute approximate surface area is 97.9 Å². The van der Waals surface area contributed by atoms with E-state index in [9.17, 15) is 5.11 Å². The molecule has 1 N–H and O–H groups in total. The van der Waals surface area contributed by atoms with Crippen molar-refractivity contribution >= 4 is 0 Å². The third-order valence-electron chi connectivity index (χ3n) is 7.13. The zero-order chi connectivity index (χ0) is 11.3. The molecule has 3 saturated carbocycles. The second-order valence-corrected chi connectivity index (χ2v) is 7.39. The van der Waals surface area contributed by atoms with Gasteiger partial charge in [0.25, 0.3) is 0 Å². The van der Waals surface area contributed by atoms with Crippen LogP contribution in [0.15, 0.2) is 12.2 Å². The van der Waals surface area contributed by atoms with E-state index in [0.717, 1.165) is 17.8 Å². The van der Waals surface area contributed by atoms with E-state index in [1.807, 2.05) is 0 Å². The molecule has 4 rings (SSSR count). The van der Waals surface area contributed by atoms with Gasteiger partial charge in [0.1, 0.15) is 0 Å². The monoisotopic (exact) mass is 218 g/mol. The number of hydrogen-bond acceptors (Lipinski definition) is 1. The first kappa shape index (κ1) is 9.70. The molecule has 4 aliphatic rings. The number of rotatable bonds is 1. The first-order chi connectivity index (χ1) is 7.52. The van der Waals surface area contributed by atoms with Crippen LogP contribution in [0.5, 0.6) is 0 Å². The second-order valence-electron chi connectivity index (χ2n) is 7.39. The highest BCUT2D eigenvalue weighted by molar-refractivity contribution is 5.45. The Bertz CT molecular complexity index is 396. The summed E-state index contributed by atoms with van der Waals surface area (Å²) in [5, 5.41) is 9.69. The van der Waals surface area contributed by atoms with Crippen molar-refractivity contribution < 1.29 is 5.11 Å². The minimum Gasteiger partial charge on any atom is -0.396 e. The van der Waals surface area contributed by atoms with Crippen molar-refractivity contribution in [1.82, 2.24) is 0 Å². The van der Waals surface area contributed by atoms with E-state index < -0.39 is 0 Å². The molecule has 1 unspecified atom stereocenters. The van der Waals surface area contributed by atoms with Crippen LogP contribution in [-0.2, 0) is 0 Å². The smallest absolute Gasteiger partial charge is 0.0465 e. The van der Waals surface area contributed by atoms with Gasteiger partial charge in [-0.25, -0.2) is 0 Å². The molecule has 0 heterocycles. The zero-order valence-electron chi connectivity index (χ0n) is 10.5. The maximum absolute atomic E-state index is 9.69. The van der Waals surface area contributed by atoms with Gasteiger partial charge < -0.3 is 5.11 Å². The Hall–Kier alpha value is -0.300. The molecule has 0 amide bonds. The summed E-state index contributed by atoms with van der Waals surface area (Å²) in [7, 11) is 0. The molecule has 0 saturated heterocycles. The van der Waals surface area contributed by atoms with Crippen LogP contribution in [-0.4, -0.2) is 11.7 Å². The Morgan fingerprint density at radius 1 is 1.12 bits per heavy atom. The minimum atomic E-state index is 0.416. The zero-order valence-corrected chi connectivity index (χ0v) is 10.5. The molecule has 1 spiro atoms. The summed E-state index contributed by atoms with van der Waals surface area (Å²) < 4.78 is 0. The molecule has 0 aromatic carbocycles. The van der Waals surface area contributed by atoms with Gasteiger partial charge in [0.05, 0.1) is 0 Å². The van der Waals surface area contributed by atoms with Crippen LogP contribution in [0.4, 0.5) is 0 Å². The van der Waals surface area contributed by atoms with Gasteiger partial charge in [-0.05, 0) is 52.8 Å². The third kappa shape index (κ3) is 0.600. The van der Waals surface area contributed by atoms with Gasteiger partial charge in [0.15, 0.2) is 0 Å². The molecule has 0 radical (unpaired) electrons. The van der Waals surface area contributed by atoms with Crippen molar-refractivity contribution in [2.45, 2.75) is 33.6 Å². The van der Waals surface area contributed by atoms with Gasteiger partial charge in [0.2, 0.25) is 0 Å². The predicted molar refractivity (Wildman–Crippen MR) is 63.7 cm³/mol. The van der Waals surface area contributed by atoms with E-state index in [0.29, 0.717) is 28.8 Å². The highest BCUT2D eigenvalue weighted by atomic mass is 16.3. The average Bonchev–Trinajstić information content (AvgIpc) is 2.57. The lowest BCUT2D eigenvalue weighted by atomic mass is 9.69. The number of aliphatic hydroxyl groups is 1. The standard InChI is InChI=1S/C15H22O/c1-13(2)10-6-7-12-14(10,3)15(12)9(8-16)4-5-11(13)15/h6-7,9-12,16H,4-5,8H2,1-3H3/t9-,10-,11-,12-,14+,15?/m0/s1. The van der Waals surface area contributed by atoms with Crippen molar-refractivity contribution in [3.8, 4) is 0 Å². The van der Waals surface area contributed by atoms with E-state index in [4.69, 9.17) is 0 Å². The molecule has 0 bridgehead atoms. The van der Waals surface area contributed by atoms with E-state index in [1.165, 1.54) is 12.8 Å². The average molecular weight is 218 g/mol. The van der Waals surface area contributed by atoms with Gasteiger partial charge in [0, 0.05) is 6.61 Å². The third-order valence-corrected chi connectivity index (χ3v) is 7.13. The topological polar surface area (TPSA) is 20.2 Å². The van der Waals surface area contributed by atoms with Gasteiger partial charge in [-0.1, -0.05) is 32.9 Å². The quantitative estimate of drug-likeness (QED) is 0.671. The Morgan fingerprint density at radius 3 is 2.50 bits per heavy atom. The molecule has 4 aliphatic carbocycles. The molecule has 0 aliphatic heterocycles. The molecule has 16 heavy (non-hydrogen) atoms. The van der Waals surface area contributed by atoms with Gasteiger partial charge in [-0.3, -0.25) is 0 Å². The van der Waals surface area contributed by atoms with Gasteiger partial charge in [-0.15, -0.1) is 0 Å². The van der Waals surface area contributed by atoms with E-state index in [2.05, 4.69) is 32.9 Å². The van der Waals surface area contributed by atoms with Gasteiger partial charge >= 0.3 is 0 Å². The SMILES string of the molecule is CC1(C)[C@@H]2CC[C@@H](CO)C23[C@H]2C=C[C@@H]1[C@]23C. The molecule has 1 heteroatoms. The molecule has 6 atom stereocenters. The maximum Gasteiger partial charge on any atom is 0.0465 e. The molecule has 0 aromatic heterocycles. The Kier molecular flexibility index (Phi) is 1.39. The fourth-order valence-electron chi connectivity index (χ4n) is 6.86. The Balaban J connectivity index is 1.92. The largest absolute Gasteiger partial charge is 0.396 e. The van der Waals surface area contributed by atoms with Crippen LogP contribution in [0.3, 0.4) is 0 Å². The normalized spacial score (nSPS) is 63.5. The number of aliphatic hydroxyl groups excluding tert-OH is 1. The van der Waals surface area contributed by atoms with Crippen LogP contribution in [0.25, 0.3) is 0 Å². The van der Waals surface area contributed by atoms with Gasteiger partial charge in [-0.2, -0.15) is 0 Å². The lowest BCUT2D eigenvalue weighted by Crippen LogP contribution is -2.30. The summed E-state index contributed by atoms with van der Waals surface area (Å²) in [5.74, 6) is 3.00. The van der Waals surface area contributed by atoms with E-state index >= 15 is 0 Å². The van der Waals surface area contributed by atoms with Crippen LogP contribution >= 0.6 is 0 Å². The molecular formula is C15H22O. The van der Waals surface area contributed by atoms with Crippen molar-refractivity contribution in [3.05, 3.63) is 12.2 Å². The predicted octanol–water partition coefficient (Wildman–Crippen LogP) is 2.85. The maximum atomic E-state index is 9.69. The molecule has 0 aromatic rings. The number of hydrogen-bond donors (Lipinski definition) is 1. The molecule has 3 fully saturated rings. The first-order valence-electron chi connectivity index (χ1n) is 6.81. The summed E-state index contributed by atoms with van der Waals surface area (Å²) in [6, 6.07) is 0. The van der Waals surface area contributed by atoms with Crippen molar-refractivity contribution in [1.29, 1.82) is 0 Å². The van der Waals surface area contributed by atoms with Crippen molar-refractivity contribution in [3.63, 3.8) is 0 Å². The van der Waals surface area contributed by atoms with Crippen LogP contribution in [0, 0.1) is 39.9 Å². The first-order valence-corrected chi connectivity index (χ1v) is 6.81. The summed E-state index contributed by atoms with van der Waals surface area (Å²) >= 11 is 0. The lowest BCUT2D eigenvalue weighted by Gasteiger charge is -2.35. The molecule has 1 nitrogen and oxygen atoms in total. The lowest BCUT2D eigenvalue weighted by molar-refractivity contribution is 0.120. The summed E-state index contributed by atoms with van der Waals surface area (Å²) in [4.78, 5) is 0. The van der Waals surface area contributed by atoms with Crippen molar-refractivity contribution in [2.75, 3.05) is 6.61 Å². The fourth-order valence-corrected chi connectivity index (χ4v) is 6.86. The number of allylic oxidation sites excluding steroid dienone is 2. The summed E-state index contributed by atoms with van der Waals surface area (Å²) in [6.45, 7) is 7.85.